The quantitative estimate of drug-likeness (QED) is 0.463. The molecule has 0 bridgehead atoms. The van der Waals surface area contributed by atoms with Crippen LogP contribution in [0.5, 0.6) is 11.5 Å². The van der Waals surface area contributed by atoms with E-state index in [0.29, 0.717) is 60.7 Å². The van der Waals surface area contributed by atoms with Crippen molar-refractivity contribution in [2.75, 3.05) is 51.4 Å². The zero-order valence-electron chi connectivity index (χ0n) is 20.6. The summed E-state index contributed by atoms with van der Waals surface area (Å²) in [4.78, 5) is 52.9. The second kappa shape index (κ2) is 12.8. The first kappa shape index (κ1) is 27.5. The number of benzene rings is 2. The van der Waals surface area contributed by atoms with Crippen LogP contribution in [0.25, 0.3) is 6.08 Å². The van der Waals surface area contributed by atoms with Crippen LogP contribution < -0.4 is 14.8 Å². The maximum Gasteiger partial charge on any atom is 0.294 e. The number of thioether (sulfide) groups is 1. The zero-order chi connectivity index (χ0) is 27.1. The number of carbonyl (C=O) groups is 4. The molecule has 0 saturated carbocycles. The fraction of sp³-hybridized carbons (Fsp3) is 0.308. The van der Waals surface area contributed by atoms with Crippen LogP contribution in [0.3, 0.4) is 0 Å². The average Bonchev–Trinajstić information content (AvgIpc) is 3.16. The van der Waals surface area contributed by atoms with Crippen LogP contribution in [0, 0.1) is 0 Å². The van der Waals surface area contributed by atoms with Crippen LogP contribution in [0.4, 0.5) is 10.5 Å². The molecule has 2 aliphatic heterocycles. The molecule has 2 heterocycles. The third-order valence-corrected chi connectivity index (χ3v) is 6.71. The summed E-state index contributed by atoms with van der Waals surface area (Å²) in [5.41, 5.74) is 1.14. The second-order valence-corrected chi connectivity index (χ2v) is 9.68. The van der Waals surface area contributed by atoms with Crippen LogP contribution in [-0.2, 0) is 19.1 Å². The molecule has 0 aliphatic carbocycles. The van der Waals surface area contributed by atoms with Crippen molar-refractivity contribution in [2.24, 2.45) is 0 Å². The largest absolute Gasteiger partial charge is 0.490 e. The number of carbonyl (C=O) groups excluding carboxylic acids is 4. The molecule has 10 nitrogen and oxygen atoms in total. The zero-order valence-corrected chi connectivity index (χ0v) is 22.2. The summed E-state index contributed by atoms with van der Waals surface area (Å²) in [5, 5.41) is 2.70. The molecule has 2 aromatic rings. The van der Waals surface area contributed by atoms with E-state index in [0.717, 1.165) is 16.7 Å². The third kappa shape index (κ3) is 7.06. The van der Waals surface area contributed by atoms with E-state index in [-0.39, 0.29) is 29.9 Å². The van der Waals surface area contributed by atoms with Gasteiger partial charge < -0.3 is 24.4 Å². The lowest BCUT2D eigenvalue weighted by Crippen LogP contribution is -2.46. The van der Waals surface area contributed by atoms with Gasteiger partial charge in [0.15, 0.2) is 18.1 Å². The normalized spacial score (nSPS) is 16.6. The van der Waals surface area contributed by atoms with E-state index in [9.17, 15) is 19.2 Å². The van der Waals surface area contributed by atoms with Crippen molar-refractivity contribution in [3.8, 4) is 11.5 Å². The Balaban J connectivity index is 1.41. The van der Waals surface area contributed by atoms with E-state index in [2.05, 4.69) is 5.32 Å². The minimum Gasteiger partial charge on any atom is -0.490 e. The van der Waals surface area contributed by atoms with Gasteiger partial charge in [-0.15, -0.1) is 0 Å². The molecule has 38 heavy (non-hydrogen) atoms. The Kier molecular flexibility index (Phi) is 9.27. The summed E-state index contributed by atoms with van der Waals surface area (Å²) in [5.74, 6) is -0.485. The number of morpholine rings is 1. The summed E-state index contributed by atoms with van der Waals surface area (Å²) < 4.78 is 16.6. The first-order chi connectivity index (χ1) is 18.3. The number of halogens is 1. The SMILES string of the molecule is CCOc1cc(/C=C2/SC(=O)N(CC(=O)N3CCOCC3)C2=O)ccc1OCC(=O)Nc1cccc(Cl)c1. The van der Waals surface area contributed by atoms with Gasteiger partial charge >= 0.3 is 0 Å². The van der Waals surface area contributed by atoms with Gasteiger partial charge in [-0.1, -0.05) is 23.7 Å². The van der Waals surface area contributed by atoms with Crippen LogP contribution in [0.1, 0.15) is 12.5 Å². The van der Waals surface area contributed by atoms with E-state index in [1.54, 1.807) is 60.4 Å². The molecule has 1 N–H and O–H groups in total. The van der Waals surface area contributed by atoms with Crippen LogP contribution in [0.15, 0.2) is 47.4 Å². The molecule has 0 unspecified atom stereocenters. The summed E-state index contributed by atoms with van der Waals surface area (Å²) >= 11 is 6.72. The lowest BCUT2D eigenvalue weighted by Gasteiger charge is -2.28. The number of imide groups is 1. The van der Waals surface area contributed by atoms with E-state index >= 15 is 0 Å². The highest BCUT2D eigenvalue weighted by molar-refractivity contribution is 8.18. The molecule has 0 atom stereocenters. The monoisotopic (exact) mass is 559 g/mol. The Hall–Kier alpha value is -3.54. The Morgan fingerprint density at radius 3 is 2.63 bits per heavy atom. The van der Waals surface area contributed by atoms with Gasteiger partial charge in [-0.05, 0) is 60.7 Å². The average molecular weight is 560 g/mol. The first-order valence-electron chi connectivity index (χ1n) is 11.9. The van der Waals surface area contributed by atoms with E-state index in [4.69, 9.17) is 25.8 Å². The molecule has 2 aliphatic rings. The first-order valence-corrected chi connectivity index (χ1v) is 13.1. The molecule has 4 rings (SSSR count). The number of nitrogens with zero attached hydrogens (tertiary/aromatic N) is 2. The van der Waals surface area contributed by atoms with Gasteiger partial charge in [-0.25, -0.2) is 0 Å². The molecular weight excluding hydrogens is 534 g/mol. The van der Waals surface area contributed by atoms with Crippen molar-refractivity contribution in [3.05, 3.63) is 58.0 Å². The fourth-order valence-corrected chi connectivity index (χ4v) is 4.77. The van der Waals surface area contributed by atoms with Gasteiger partial charge in [0.05, 0.1) is 24.7 Å². The lowest BCUT2D eigenvalue weighted by atomic mass is 10.2. The molecule has 2 aromatic carbocycles. The van der Waals surface area contributed by atoms with Crippen molar-refractivity contribution in [3.63, 3.8) is 0 Å². The Labute approximate surface area is 228 Å². The molecule has 4 amide bonds. The Morgan fingerprint density at radius 1 is 1.11 bits per heavy atom. The van der Waals surface area contributed by atoms with Crippen LogP contribution in [0.2, 0.25) is 5.02 Å². The Morgan fingerprint density at radius 2 is 1.89 bits per heavy atom. The molecule has 0 aromatic heterocycles. The number of nitrogens with one attached hydrogen (secondary N) is 1. The number of hydrogen-bond acceptors (Lipinski definition) is 8. The van der Waals surface area contributed by atoms with Crippen LogP contribution in [-0.4, -0.2) is 78.8 Å². The van der Waals surface area contributed by atoms with E-state index in [1.807, 2.05) is 0 Å². The number of amides is 4. The minimum absolute atomic E-state index is 0.196. The van der Waals surface area contributed by atoms with Gasteiger partial charge in [0.2, 0.25) is 5.91 Å². The summed E-state index contributed by atoms with van der Waals surface area (Å²) in [7, 11) is 0. The second-order valence-electron chi connectivity index (χ2n) is 8.25. The van der Waals surface area contributed by atoms with Crippen molar-refractivity contribution in [2.45, 2.75) is 6.92 Å². The molecule has 2 saturated heterocycles. The summed E-state index contributed by atoms with van der Waals surface area (Å²) in [6.45, 7) is 3.31. The van der Waals surface area contributed by atoms with E-state index < -0.39 is 11.1 Å². The van der Waals surface area contributed by atoms with Gasteiger partial charge in [0.25, 0.3) is 17.1 Å². The molecule has 0 radical (unpaired) electrons. The molecule has 0 spiro atoms. The Bertz CT molecular complexity index is 1260. The maximum absolute atomic E-state index is 12.9. The van der Waals surface area contributed by atoms with Crippen molar-refractivity contribution >= 4 is 58.1 Å². The standard InChI is InChI=1S/C26H26ClN3O7S/c1-2-36-21-12-17(6-7-20(21)37-16-23(31)28-19-5-3-4-18(27)14-19)13-22-25(33)30(26(34)38-22)15-24(32)29-8-10-35-11-9-29/h3-7,12-14H,2,8-11,15-16H2,1H3,(H,28,31)/b22-13+. The maximum atomic E-state index is 12.9. The van der Waals surface area contributed by atoms with Crippen molar-refractivity contribution < 1.29 is 33.4 Å². The van der Waals surface area contributed by atoms with Crippen molar-refractivity contribution in [1.29, 1.82) is 0 Å². The van der Waals surface area contributed by atoms with Gasteiger partial charge in [-0.2, -0.15) is 0 Å². The molecule has 2 fully saturated rings. The highest BCUT2D eigenvalue weighted by Crippen LogP contribution is 2.34. The van der Waals surface area contributed by atoms with Crippen molar-refractivity contribution in [1.82, 2.24) is 9.80 Å². The summed E-state index contributed by atoms with van der Waals surface area (Å²) in [6, 6.07) is 11.7. The lowest BCUT2D eigenvalue weighted by molar-refractivity contribution is -0.139. The highest BCUT2D eigenvalue weighted by atomic mass is 35.5. The molecule has 200 valence electrons. The number of hydrogen-bond donors (Lipinski definition) is 1. The molecular formula is C26H26ClN3O7S. The molecule has 12 heteroatoms. The van der Waals surface area contributed by atoms with E-state index in [1.165, 1.54) is 0 Å². The summed E-state index contributed by atoms with van der Waals surface area (Å²) in [6.07, 6.45) is 1.56. The fourth-order valence-electron chi connectivity index (χ4n) is 3.74. The predicted molar refractivity (Wildman–Crippen MR) is 143 cm³/mol. The number of rotatable bonds is 9. The third-order valence-electron chi connectivity index (χ3n) is 5.56. The predicted octanol–water partition coefficient (Wildman–Crippen LogP) is 3.65. The van der Waals surface area contributed by atoms with Gasteiger partial charge in [-0.3, -0.25) is 24.1 Å². The number of ether oxygens (including phenoxy) is 3. The smallest absolute Gasteiger partial charge is 0.294 e. The van der Waals surface area contributed by atoms with Gasteiger partial charge in [0, 0.05) is 23.8 Å². The van der Waals surface area contributed by atoms with Crippen LogP contribution >= 0.6 is 23.4 Å². The highest BCUT2D eigenvalue weighted by Gasteiger charge is 2.37. The topological polar surface area (TPSA) is 114 Å². The number of anilines is 1. The van der Waals surface area contributed by atoms with Gasteiger partial charge in [0.1, 0.15) is 6.54 Å². The minimum atomic E-state index is -0.530.